The highest BCUT2D eigenvalue weighted by Crippen LogP contribution is 2.26. The van der Waals surface area contributed by atoms with Crippen LogP contribution >= 0.6 is 0 Å². The predicted octanol–water partition coefficient (Wildman–Crippen LogP) is 2.18. The Morgan fingerprint density at radius 2 is 1.82 bits per heavy atom. The molecule has 2 amide bonds. The molecule has 0 aliphatic carbocycles. The van der Waals surface area contributed by atoms with Gasteiger partial charge in [0, 0.05) is 24.7 Å². The summed E-state index contributed by atoms with van der Waals surface area (Å²) in [5.74, 6) is -1.43. The zero-order valence-corrected chi connectivity index (χ0v) is 13.3. The summed E-state index contributed by atoms with van der Waals surface area (Å²) in [5, 5.41) is 14.1. The van der Waals surface area contributed by atoms with Crippen molar-refractivity contribution in [3.63, 3.8) is 0 Å². The first-order valence-electron chi connectivity index (χ1n) is 6.99. The number of carbonyl (C=O) groups is 3. The van der Waals surface area contributed by atoms with Gasteiger partial charge in [-0.05, 0) is 30.0 Å². The van der Waals surface area contributed by atoms with Crippen LogP contribution in [0.4, 0.5) is 5.69 Å². The number of rotatable bonds is 6. The van der Waals surface area contributed by atoms with Gasteiger partial charge in [0.2, 0.25) is 5.91 Å². The fraction of sp³-hybridized carbons (Fsp3) is 0.438. The fourth-order valence-electron chi connectivity index (χ4n) is 2.25. The van der Waals surface area contributed by atoms with E-state index in [0.717, 1.165) is 0 Å². The Kier molecular flexibility index (Phi) is 5.68. The molecule has 0 spiro atoms. The van der Waals surface area contributed by atoms with Crippen molar-refractivity contribution in [2.45, 2.75) is 33.6 Å². The first-order valence-corrected chi connectivity index (χ1v) is 6.99. The number of carboxylic acid groups (broad SMARTS) is 1. The van der Waals surface area contributed by atoms with Crippen molar-refractivity contribution in [3.05, 3.63) is 29.3 Å². The van der Waals surface area contributed by atoms with Crippen LogP contribution in [0.15, 0.2) is 18.2 Å². The molecule has 0 fully saturated rings. The van der Waals surface area contributed by atoms with Crippen molar-refractivity contribution in [1.29, 1.82) is 0 Å². The number of amides is 2. The number of hydrogen-bond donors (Lipinski definition) is 3. The van der Waals surface area contributed by atoms with Gasteiger partial charge in [-0.15, -0.1) is 0 Å². The van der Waals surface area contributed by atoms with Gasteiger partial charge in [-0.2, -0.15) is 0 Å². The normalized spacial score (nSPS) is 10.9. The Labute approximate surface area is 129 Å². The largest absolute Gasteiger partial charge is 0.481 e. The lowest BCUT2D eigenvalue weighted by Crippen LogP contribution is -2.25. The Morgan fingerprint density at radius 3 is 2.36 bits per heavy atom. The topological polar surface area (TPSA) is 95.5 Å². The van der Waals surface area contributed by atoms with Gasteiger partial charge < -0.3 is 15.7 Å². The Balaban J connectivity index is 2.85. The minimum Gasteiger partial charge on any atom is -0.481 e. The van der Waals surface area contributed by atoms with Gasteiger partial charge in [0.25, 0.3) is 5.91 Å². The molecular formula is C16H22N2O4. The van der Waals surface area contributed by atoms with Gasteiger partial charge in [0.15, 0.2) is 0 Å². The highest BCUT2D eigenvalue weighted by molar-refractivity contribution is 5.99. The van der Waals surface area contributed by atoms with Crippen molar-refractivity contribution in [2.24, 2.45) is 5.41 Å². The van der Waals surface area contributed by atoms with E-state index in [0.29, 0.717) is 16.8 Å². The second kappa shape index (κ2) is 7.06. The van der Waals surface area contributed by atoms with Gasteiger partial charge in [-0.1, -0.05) is 19.9 Å². The molecule has 0 atom stereocenters. The molecule has 0 aromatic heterocycles. The average Bonchev–Trinajstić information content (AvgIpc) is 2.38. The highest BCUT2D eigenvalue weighted by atomic mass is 16.4. The maximum atomic E-state index is 12.1. The van der Waals surface area contributed by atoms with E-state index in [-0.39, 0.29) is 24.7 Å². The molecule has 0 aliphatic rings. The molecule has 0 aliphatic heterocycles. The molecule has 1 aromatic rings. The molecule has 0 radical (unpaired) electrons. The van der Waals surface area contributed by atoms with Crippen LogP contribution in [0.5, 0.6) is 0 Å². The second-order valence-electron chi connectivity index (χ2n) is 6.02. The molecule has 0 saturated carbocycles. The van der Waals surface area contributed by atoms with E-state index in [1.807, 2.05) is 0 Å². The van der Waals surface area contributed by atoms with E-state index in [1.165, 1.54) is 0 Å². The summed E-state index contributed by atoms with van der Waals surface area (Å²) in [6.07, 6.45) is 0.000619. The summed E-state index contributed by atoms with van der Waals surface area (Å²) >= 11 is 0. The van der Waals surface area contributed by atoms with Gasteiger partial charge in [0.1, 0.15) is 0 Å². The van der Waals surface area contributed by atoms with E-state index in [9.17, 15) is 14.4 Å². The highest BCUT2D eigenvalue weighted by Gasteiger charge is 2.25. The number of carboxylic acids is 1. The van der Waals surface area contributed by atoms with Crippen molar-refractivity contribution >= 4 is 23.5 Å². The van der Waals surface area contributed by atoms with Crippen LogP contribution in [0.3, 0.4) is 0 Å². The van der Waals surface area contributed by atoms with Gasteiger partial charge in [-0.3, -0.25) is 14.4 Å². The summed E-state index contributed by atoms with van der Waals surface area (Å²) in [6, 6.07) is 5.08. The first-order chi connectivity index (χ1) is 10.2. The molecule has 1 aromatic carbocycles. The Morgan fingerprint density at radius 1 is 1.18 bits per heavy atom. The van der Waals surface area contributed by atoms with Crippen LogP contribution in [0.25, 0.3) is 0 Å². The molecule has 3 N–H and O–H groups in total. The van der Waals surface area contributed by atoms with Crippen LogP contribution in [0.1, 0.15) is 42.6 Å². The summed E-state index contributed by atoms with van der Waals surface area (Å²) < 4.78 is 0. The number of anilines is 1. The first kappa shape index (κ1) is 17.7. The third kappa shape index (κ3) is 4.87. The smallest absolute Gasteiger partial charge is 0.303 e. The molecule has 0 heterocycles. The third-order valence-electron chi connectivity index (χ3n) is 3.35. The number of aliphatic carboxylic acids is 1. The number of carbonyl (C=O) groups excluding carboxylic acids is 2. The minimum absolute atomic E-state index is 0.0856. The number of hydrogen-bond acceptors (Lipinski definition) is 3. The molecule has 6 nitrogen and oxygen atoms in total. The molecule has 120 valence electrons. The van der Waals surface area contributed by atoms with E-state index < -0.39 is 11.4 Å². The van der Waals surface area contributed by atoms with E-state index in [2.05, 4.69) is 10.6 Å². The number of benzene rings is 1. The van der Waals surface area contributed by atoms with Gasteiger partial charge >= 0.3 is 5.97 Å². The van der Waals surface area contributed by atoms with Crippen molar-refractivity contribution in [3.8, 4) is 0 Å². The summed E-state index contributed by atoms with van der Waals surface area (Å²) in [7, 11) is 1.54. The maximum absolute atomic E-state index is 12.1. The Hall–Kier alpha value is -2.37. The minimum atomic E-state index is -0.935. The third-order valence-corrected chi connectivity index (χ3v) is 3.35. The van der Waals surface area contributed by atoms with Crippen LogP contribution < -0.4 is 10.6 Å². The quantitative estimate of drug-likeness (QED) is 0.750. The van der Waals surface area contributed by atoms with Crippen LogP contribution in [0, 0.1) is 12.3 Å². The monoisotopic (exact) mass is 306 g/mol. The van der Waals surface area contributed by atoms with Crippen LogP contribution in [0.2, 0.25) is 0 Å². The molecule has 0 unspecified atom stereocenters. The van der Waals surface area contributed by atoms with Crippen molar-refractivity contribution in [1.82, 2.24) is 5.32 Å². The van der Waals surface area contributed by atoms with E-state index in [1.54, 1.807) is 46.0 Å². The number of nitrogens with one attached hydrogen (secondary N) is 2. The predicted molar refractivity (Wildman–Crippen MR) is 83.8 cm³/mol. The van der Waals surface area contributed by atoms with E-state index in [4.69, 9.17) is 5.11 Å². The lowest BCUT2D eigenvalue weighted by molar-refractivity contribution is -0.139. The molecule has 1 rings (SSSR count). The van der Waals surface area contributed by atoms with Gasteiger partial charge in [0.05, 0.1) is 6.42 Å². The van der Waals surface area contributed by atoms with Crippen LogP contribution in [-0.2, 0) is 9.59 Å². The van der Waals surface area contributed by atoms with Crippen LogP contribution in [-0.4, -0.2) is 29.9 Å². The van der Waals surface area contributed by atoms with E-state index >= 15 is 0 Å². The van der Waals surface area contributed by atoms with Gasteiger partial charge in [-0.25, -0.2) is 0 Å². The second-order valence-corrected chi connectivity index (χ2v) is 6.02. The summed E-state index contributed by atoms with van der Waals surface area (Å²) in [6.45, 7) is 5.21. The lowest BCUT2D eigenvalue weighted by atomic mass is 9.85. The zero-order chi connectivity index (χ0) is 16.9. The van der Waals surface area contributed by atoms with Crippen molar-refractivity contribution in [2.75, 3.05) is 12.4 Å². The molecule has 6 heteroatoms. The zero-order valence-electron chi connectivity index (χ0n) is 13.3. The molecule has 22 heavy (non-hydrogen) atoms. The molecular weight excluding hydrogens is 284 g/mol. The molecule has 0 saturated heterocycles. The summed E-state index contributed by atoms with van der Waals surface area (Å²) in [4.78, 5) is 34.6. The maximum Gasteiger partial charge on any atom is 0.303 e. The Bertz CT molecular complexity index is 594. The van der Waals surface area contributed by atoms with Crippen molar-refractivity contribution < 1.29 is 19.5 Å². The average molecular weight is 306 g/mol. The fourth-order valence-corrected chi connectivity index (χ4v) is 2.25. The summed E-state index contributed by atoms with van der Waals surface area (Å²) in [5.41, 5.74) is 1.08. The lowest BCUT2D eigenvalue weighted by Gasteiger charge is -2.22. The molecule has 0 bridgehead atoms. The standard InChI is InChI=1S/C16H22N2O4/c1-10-11(15(22)17-4)6-5-7-12(10)18-13(19)8-16(2,3)9-14(20)21/h5-7H,8-9H2,1-4H3,(H,17,22)(H,18,19)(H,20,21). The SMILES string of the molecule is CNC(=O)c1cccc(NC(=O)CC(C)(C)CC(=O)O)c1C.